The van der Waals surface area contributed by atoms with Crippen LogP contribution in [0.1, 0.15) is 74.9 Å². The van der Waals surface area contributed by atoms with E-state index in [1.165, 1.54) is 81.3 Å². The van der Waals surface area contributed by atoms with Crippen LogP contribution < -0.4 is 9.64 Å². The Hall–Kier alpha value is -4.30. The van der Waals surface area contributed by atoms with Gasteiger partial charge in [-0.25, -0.2) is 0 Å². The monoisotopic (exact) mass is 575 g/mol. The summed E-state index contributed by atoms with van der Waals surface area (Å²) in [6, 6.07) is 34.7. The predicted molar refractivity (Wildman–Crippen MR) is 184 cm³/mol. The number of benzene rings is 5. The van der Waals surface area contributed by atoms with Gasteiger partial charge < -0.3 is 9.64 Å². The fourth-order valence-electron chi connectivity index (χ4n) is 6.84. The molecule has 0 amide bonds. The molecule has 0 bridgehead atoms. The van der Waals surface area contributed by atoms with Crippen molar-refractivity contribution in [2.24, 2.45) is 0 Å². The van der Waals surface area contributed by atoms with Crippen molar-refractivity contribution in [1.29, 1.82) is 0 Å². The highest BCUT2D eigenvalue weighted by Crippen LogP contribution is 2.53. The lowest BCUT2D eigenvalue weighted by atomic mass is 9.84. The number of aryl methyl sites for hydroxylation is 4. The lowest BCUT2D eigenvalue weighted by Crippen LogP contribution is -2.19. The van der Waals surface area contributed by atoms with E-state index in [4.69, 9.17) is 4.74 Å². The largest absolute Gasteiger partial charge is 0.453 e. The maximum absolute atomic E-state index is 6.76. The number of nitrogens with zero attached hydrogens (tertiary/aromatic N) is 1. The molecular weight excluding hydrogens is 534 g/mol. The van der Waals surface area contributed by atoms with Crippen molar-refractivity contribution in [3.05, 3.63) is 124 Å². The molecule has 0 N–H and O–H groups in total. The van der Waals surface area contributed by atoms with Crippen LogP contribution in [0, 0.1) is 0 Å². The Morgan fingerprint density at radius 1 is 0.455 bits per heavy atom. The molecule has 1 aliphatic heterocycles. The molecule has 0 radical (unpaired) electrons. The van der Waals surface area contributed by atoms with Crippen molar-refractivity contribution in [2.45, 2.75) is 78.1 Å². The predicted octanol–water partition coefficient (Wildman–Crippen LogP) is 11.4. The zero-order valence-corrected chi connectivity index (χ0v) is 26.8. The Bertz CT molecular complexity index is 1830. The fraction of sp³-hybridized carbons (Fsp3) is 0.286. The molecule has 5 aromatic rings. The molecule has 220 valence electrons. The van der Waals surface area contributed by atoms with Gasteiger partial charge >= 0.3 is 0 Å². The van der Waals surface area contributed by atoms with Crippen molar-refractivity contribution < 1.29 is 4.74 Å². The molecule has 2 aliphatic carbocycles. The summed E-state index contributed by atoms with van der Waals surface area (Å²) in [7, 11) is 0. The summed E-state index contributed by atoms with van der Waals surface area (Å²) in [6.45, 7) is 13.6. The zero-order valence-electron chi connectivity index (χ0n) is 26.8. The topological polar surface area (TPSA) is 12.5 Å². The van der Waals surface area contributed by atoms with Crippen LogP contribution in [0.25, 0.3) is 22.3 Å². The van der Waals surface area contributed by atoms with E-state index in [2.05, 4.69) is 137 Å². The Balaban J connectivity index is 1.35. The third-order valence-electron chi connectivity index (χ3n) is 9.94. The van der Waals surface area contributed by atoms with Gasteiger partial charge in [0.1, 0.15) is 0 Å². The summed E-state index contributed by atoms with van der Waals surface area (Å²) in [5.74, 6) is 1.81. The minimum Gasteiger partial charge on any atom is -0.453 e. The number of ether oxygens (including phenoxy) is 1. The molecule has 8 rings (SSSR count). The van der Waals surface area contributed by atoms with Crippen LogP contribution in [0.5, 0.6) is 11.5 Å². The van der Waals surface area contributed by atoms with E-state index in [1.54, 1.807) is 0 Å². The smallest absolute Gasteiger partial charge is 0.151 e. The first-order valence-electron chi connectivity index (χ1n) is 16.2. The second-order valence-corrected chi connectivity index (χ2v) is 15.0. The first kappa shape index (κ1) is 27.3. The summed E-state index contributed by atoms with van der Waals surface area (Å²) in [6.07, 6.45) is 4.75. The third kappa shape index (κ3) is 4.54. The molecule has 0 unspecified atom stereocenters. The summed E-state index contributed by atoms with van der Waals surface area (Å²) < 4.78 is 6.76. The molecule has 5 aromatic carbocycles. The first-order chi connectivity index (χ1) is 21.0. The second kappa shape index (κ2) is 9.60. The molecule has 0 aromatic heterocycles. The number of fused-ring (bicyclic) bond motifs is 4. The quantitative estimate of drug-likeness (QED) is 0.208. The van der Waals surface area contributed by atoms with E-state index in [0.29, 0.717) is 0 Å². The maximum Gasteiger partial charge on any atom is 0.151 e. The first-order valence-corrected chi connectivity index (χ1v) is 16.2. The zero-order chi connectivity index (χ0) is 30.4. The van der Waals surface area contributed by atoms with Crippen LogP contribution in [-0.2, 0) is 36.5 Å². The Kier molecular flexibility index (Phi) is 5.95. The maximum atomic E-state index is 6.76. The summed E-state index contributed by atoms with van der Waals surface area (Å²) in [5.41, 5.74) is 16.9. The lowest BCUT2D eigenvalue weighted by Gasteiger charge is -2.35. The number of anilines is 3. The third-order valence-corrected chi connectivity index (χ3v) is 9.94. The molecule has 3 aliphatic rings. The Morgan fingerprint density at radius 2 is 0.909 bits per heavy atom. The van der Waals surface area contributed by atoms with Crippen LogP contribution in [0.2, 0.25) is 0 Å². The minimum absolute atomic E-state index is 0.0214. The second-order valence-electron chi connectivity index (χ2n) is 15.0. The van der Waals surface area contributed by atoms with Gasteiger partial charge in [0.05, 0.1) is 11.4 Å². The van der Waals surface area contributed by atoms with Gasteiger partial charge in [0.2, 0.25) is 0 Å². The van der Waals surface area contributed by atoms with E-state index < -0.39 is 0 Å². The highest BCUT2D eigenvalue weighted by molar-refractivity contribution is 5.90. The highest BCUT2D eigenvalue weighted by Gasteiger charge is 2.30. The van der Waals surface area contributed by atoms with E-state index in [9.17, 15) is 0 Å². The van der Waals surface area contributed by atoms with Gasteiger partial charge in [-0.15, -0.1) is 0 Å². The van der Waals surface area contributed by atoms with Gasteiger partial charge in [-0.05, 0) is 135 Å². The Morgan fingerprint density at radius 3 is 1.30 bits per heavy atom. The van der Waals surface area contributed by atoms with Crippen LogP contribution >= 0.6 is 0 Å². The summed E-state index contributed by atoms with van der Waals surface area (Å²) in [4.78, 5) is 2.42. The minimum atomic E-state index is 0.0214. The average Bonchev–Trinajstić information content (AvgIpc) is 2.95. The number of rotatable bonds is 3. The van der Waals surface area contributed by atoms with Crippen LogP contribution in [0.15, 0.2) is 91.0 Å². The van der Waals surface area contributed by atoms with Crippen LogP contribution in [-0.4, -0.2) is 0 Å². The molecular formula is C42H41NO. The van der Waals surface area contributed by atoms with Crippen LogP contribution in [0.3, 0.4) is 0 Å². The van der Waals surface area contributed by atoms with Gasteiger partial charge in [-0.1, -0.05) is 90.1 Å². The molecule has 2 nitrogen and oxygen atoms in total. The average molecular weight is 576 g/mol. The number of hydrogen-bond donors (Lipinski definition) is 0. The molecule has 2 heteroatoms. The van der Waals surface area contributed by atoms with Gasteiger partial charge in [-0.3, -0.25) is 0 Å². The molecule has 0 fully saturated rings. The standard InChI is InChI=1S/C42H41NO/c1-41(2,3)34-15-17-37-39(24-34)44-40-25-35(42(4,5)6)16-18-38(40)43(37)36-22-32(30-13-9-26-7-11-28(26)19-30)21-33(23-36)31-14-10-27-8-12-29(27)20-31/h9-10,13-25H,7-8,11-12H2,1-6H3. The molecule has 44 heavy (non-hydrogen) atoms. The van der Waals surface area contributed by atoms with Crippen molar-refractivity contribution >= 4 is 17.1 Å². The SMILES string of the molecule is CC(C)(C)c1ccc2c(c1)Oc1cc(C(C)(C)C)ccc1N2c1cc(-c2ccc3c(c2)CC3)cc(-c2ccc3c(c2)CC3)c1. The Labute approximate surface area is 262 Å². The molecule has 1 heterocycles. The van der Waals surface area contributed by atoms with E-state index >= 15 is 0 Å². The van der Waals surface area contributed by atoms with Gasteiger partial charge in [-0.2, -0.15) is 0 Å². The summed E-state index contributed by atoms with van der Waals surface area (Å²) >= 11 is 0. The highest BCUT2D eigenvalue weighted by atomic mass is 16.5. The molecule has 0 saturated heterocycles. The van der Waals surface area contributed by atoms with E-state index in [1.807, 2.05) is 0 Å². The van der Waals surface area contributed by atoms with Crippen molar-refractivity contribution in [1.82, 2.24) is 0 Å². The van der Waals surface area contributed by atoms with Crippen molar-refractivity contribution in [3.8, 4) is 33.8 Å². The molecule has 0 atom stereocenters. The van der Waals surface area contributed by atoms with Crippen molar-refractivity contribution in [3.63, 3.8) is 0 Å². The molecule has 0 saturated carbocycles. The van der Waals surface area contributed by atoms with E-state index in [0.717, 1.165) is 28.6 Å². The van der Waals surface area contributed by atoms with Gasteiger partial charge in [0.15, 0.2) is 11.5 Å². The van der Waals surface area contributed by atoms with Crippen LogP contribution in [0.4, 0.5) is 17.1 Å². The normalized spacial score (nSPS) is 14.8. The number of hydrogen-bond acceptors (Lipinski definition) is 2. The summed E-state index contributed by atoms with van der Waals surface area (Å²) in [5, 5.41) is 0. The fourth-order valence-corrected chi connectivity index (χ4v) is 6.84. The van der Waals surface area contributed by atoms with Gasteiger partial charge in [0, 0.05) is 5.69 Å². The molecule has 0 spiro atoms. The van der Waals surface area contributed by atoms with Gasteiger partial charge in [0.25, 0.3) is 0 Å². The lowest BCUT2D eigenvalue weighted by molar-refractivity contribution is 0.469. The van der Waals surface area contributed by atoms with E-state index in [-0.39, 0.29) is 10.8 Å². The van der Waals surface area contributed by atoms with Crippen molar-refractivity contribution in [2.75, 3.05) is 4.90 Å².